The third kappa shape index (κ3) is 4.71. The SMILES string of the molecule is CN(C)Cc1ccccc1-c1ccc(C2CC(=O)c3c(ncn3-c3cccc(C(N)=O)c3)CN2)cc1. The maximum absolute atomic E-state index is 13.4. The third-order valence-corrected chi connectivity index (χ3v) is 6.55. The van der Waals surface area contributed by atoms with Crippen molar-refractivity contribution in [3.8, 4) is 16.8 Å². The number of nitrogens with one attached hydrogen (secondary N) is 1. The highest BCUT2D eigenvalue weighted by atomic mass is 16.1. The van der Waals surface area contributed by atoms with Gasteiger partial charge in [0.1, 0.15) is 12.0 Å². The van der Waals surface area contributed by atoms with Gasteiger partial charge < -0.3 is 16.0 Å². The molecular weight excluding hydrogens is 450 g/mol. The molecule has 0 bridgehead atoms. The van der Waals surface area contributed by atoms with E-state index in [1.807, 2.05) is 6.07 Å². The molecule has 1 aliphatic rings. The highest BCUT2D eigenvalue weighted by Crippen LogP contribution is 2.30. The van der Waals surface area contributed by atoms with Crippen molar-refractivity contribution in [2.24, 2.45) is 5.73 Å². The van der Waals surface area contributed by atoms with Gasteiger partial charge in [0.25, 0.3) is 0 Å². The lowest BCUT2D eigenvalue weighted by atomic mass is 9.95. The molecule has 1 unspecified atom stereocenters. The predicted octanol–water partition coefficient (Wildman–Crippen LogP) is 4.12. The van der Waals surface area contributed by atoms with E-state index in [-0.39, 0.29) is 11.8 Å². The first-order valence-electron chi connectivity index (χ1n) is 12.0. The normalized spacial score (nSPS) is 15.5. The number of Topliss-reactive ketones (excluding diaryl/α,β-unsaturated/α-hetero) is 1. The maximum atomic E-state index is 13.4. The van der Waals surface area contributed by atoms with Gasteiger partial charge >= 0.3 is 0 Å². The summed E-state index contributed by atoms with van der Waals surface area (Å²) >= 11 is 0. The summed E-state index contributed by atoms with van der Waals surface area (Å²) in [5.41, 5.74) is 12.5. The Labute approximate surface area is 210 Å². The van der Waals surface area contributed by atoms with Crippen LogP contribution in [0.25, 0.3) is 16.8 Å². The fraction of sp³-hybridized carbons (Fsp3) is 0.207. The number of aromatic nitrogens is 2. The second-order valence-electron chi connectivity index (χ2n) is 9.40. The molecule has 0 saturated heterocycles. The fourth-order valence-electron chi connectivity index (χ4n) is 4.80. The molecular formula is C29H29N5O2. The van der Waals surface area contributed by atoms with Crippen LogP contribution in [0.15, 0.2) is 79.1 Å². The molecule has 1 aromatic heterocycles. The number of carbonyl (C=O) groups excluding carboxylic acids is 2. The van der Waals surface area contributed by atoms with Gasteiger partial charge in [-0.3, -0.25) is 14.2 Å². The molecule has 7 heteroatoms. The second-order valence-corrected chi connectivity index (χ2v) is 9.40. The van der Waals surface area contributed by atoms with Gasteiger partial charge in [-0.05, 0) is 54.5 Å². The lowest BCUT2D eigenvalue weighted by Crippen LogP contribution is -2.20. The Kier molecular flexibility index (Phi) is 6.50. The van der Waals surface area contributed by atoms with Crippen LogP contribution in [-0.2, 0) is 13.1 Å². The summed E-state index contributed by atoms with van der Waals surface area (Å²) in [6.45, 7) is 1.34. The van der Waals surface area contributed by atoms with Gasteiger partial charge in [0.15, 0.2) is 5.78 Å². The number of rotatable bonds is 6. The molecule has 3 aromatic carbocycles. The van der Waals surface area contributed by atoms with Gasteiger partial charge in [-0.15, -0.1) is 0 Å². The molecule has 36 heavy (non-hydrogen) atoms. The lowest BCUT2D eigenvalue weighted by Gasteiger charge is -2.18. The summed E-state index contributed by atoms with van der Waals surface area (Å²) in [5, 5.41) is 3.50. The molecule has 0 aliphatic carbocycles. The van der Waals surface area contributed by atoms with Gasteiger partial charge in [-0.2, -0.15) is 0 Å². The number of benzene rings is 3. The Morgan fingerprint density at radius 2 is 1.86 bits per heavy atom. The molecule has 7 nitrogen and oxygen atoms in total. The number of fused-ring (bicyclic) bond motifs is 1. The van der Waals surface area contributed by atoms with Crippen LogP contribution in [-0.4, -0.2) is 40.2 Å². The minimum Gasteiger partial charge on any atom is -0.366 e. The minimum absolute atomic E-state index is 0.00221. The first-order valence-corrected chi connectivity index (χ1v) is 12.0. The Hall–Kier alpha value is -4.07. The predicted molar refractivity (Wildman–Crippen MR) is 140 cm³/mol. The van der Waals surface area contributed by atoms with Crippen LogP contribution in [0.4, 0.5) is 0 Å². The summed E-state index contributed by atoms with van der Waals surface area (Å²) < 4.78 is 1.75. The number of amides is 1. The van der Waals surface area contributed by atoms with E-state index >= 15 is 0 Å². The Morgan fingerprint density at radius 1 is 1.08 bits per heavy atom. The van der Waals surface area contributed by atoms with Crippen molar-refractivity contribution < 1.29 is 9.59 Å². The van der Waals surface area contributed by atoms with E-state index in [0.717, 1.165) is 17.7 Å². The van der Waals surface area contributed by atoms with Crippen molar-refractivity contribution >= 4 is 11.7 Å². The van der Waals surface area contributed by atoms with E-state index in [1.165, 1.54) is 11.1 Å². The zero-order valence-electron chi connectivity index (χ0n) is 20.4. The lowest BCUT2D eigenvalue weighted by molar-refractivity contribution is 0.0965. The van der Waals surface area contributed by atoms with E-state index in [0.29, 0.717) is 35.6 Å². The molecule has 3 N–H and O–H groups in total. The number of ketones is 1. The molecule has 1 aliphatic heterocycles. The molecule has 5 rings (SSSR count). The van der Waals surface area contributed by atoms with E-state index in [2.05, 4.69) is 77.8 Å². The second kappa shape index (κ2) is 9.89. The van der Waals surface area contributed by atoms with Crippen molar-refractivity contribution in [1.29, 1.82) is 0 Å². The number of hydrogen-bond donors (Lipinski definition) is 2. The zero-order valence-corrected chi connectivity index (χ0v) is 20.4. The Balaban J connectivity index is 1.39. The summed E-state index contributed by atoms with van der Waals surface area (Å²) in [6, 6.07) is 23.7. The third-order valence-electron chi connectivity index (χ3n) is 6.55. The average Bonchev–Trinajstić information content (AvgIpc) is 3.23. The molecule has 2 heterocycles. The van der Waals surface area contributed by atoms with Crippen molar-refractivity contribution in [2.45, 2.75) is 25.6 Å². The van der Waals surface area contributed by atoms with E-state index in [4.69, 9.17) is 5.73 Å². The zero-order chi connectivity index (χ0) is 25.2. The van der Waals surface area contributed by atoms with Gasteiger partial charge in [0, 0.05) is 36.8 Å². The maximum Gasteiger partial charge on any atom is 0.248 e. The number of nitrogens with two attached hydrogens (primary N) is 1. The van der Waals surface area contributed by atoms with Crippen LogP contribution in [0.2, 0.25) is 0 Å². The van der Waals surface area contributed by atoms with Crippen LogP contribution >= 0.6 is 0 Å². The van der Waals surface area contributed by atoms with Crippen molar-refractivity contribution in [2.75, 3.05) is 14.1 Å². The van der Waals surface area contributed by atoms with Gasteiger partial charge in [0.05, 0.1) is 5.69 Å². The van der Waals surface area contributed by atoms with E-state index in [1.54, 1.807) is 29.1 Å². The number of hydrogen-bond acceptors (Lipinski definition) is 5. The van der Waals surface area contributed by atoms with Crippen LogP contribution in [0.3, 0.4) is 0 Å². The largest absolute Gasteiger partial charge is 0.366 e. The van der Waals surface area contributed by atoms with Crippen molar-refractivity contribution in [1.82, 2.24) is 19.8 Å². The first kappa shape index (κ1) is 23.7. The molecule has 1 amide bonds. The monoisotopic (exact) mass is 479 g/mol. The van der Waals surface area contributed by atoms with E-state index in [9.17, 15) is 9.59 Å². The standard InChI is InChI=1S/C29H29N5O2/c1-33(2)17-22-6-3-4-9-24(22)19-10-12-20(13-11-19)25-15-27(35)28-26(16-31-25)32-18-34(28)23-8-5-7-21(14-23)29(30)36/h3-14,18,25,31H,15-17H2,1-2H3,(H2,30,36). The molecule has 182 valence electrons. The molecule has 0 radical (unpaired) electrons. The summed E-state index contributed by atoms with van der Waals surface area (Å²) in [4.78, 5) is 31.7. The van der Waals surface area contributed by atoms with E-state index < -0.39 is 5.91 Å². The summed E-state index contributed by atoms with van der Waals surface area (Å²) in [6.07, 6.45) is 1.94. The van der Waals surface area contributed by atoms with Gasteiger partial charge in [-0.25, -0.2) is 4.98 Å². The Bertz CT molecular complexity index is 1420. The highest BCUT2D eigenvalue weighted by molar-refractivity contribution is 5.97. The Morgan fingerprint density at radius 3 is 2.61 bits per heavy atom. The van der Waals surface area contributed by atoms with Gasteiger partial charge in [0.2, 0.25) is 5.91 Å². The highest BCUT2D eigenvalue weighted by Gasteiger charge is 2.28. The smallest absolute Gasteiger partial charge is 0.248 e. The first-order chi connectivity index (χ1) is 17.4. The van der Waals surface area contributed by atoms with Crippen LogP contribution in [0, 0.1) is 0 Å². The summed E-state index contributed by atoms with van der Waals surface area (Å²) in [7, 11) is 4.14. The van der Waals surface area contributed by atoms with Crippen LogP contribution in [0.5, 0.6) is 0 Å². The van der Waals surface area contributed by atoms with Gasteiger partial charge in [-0.1, -0.05) is 54.6 Å². The fourth-order valence-corrected chi connectivity index (χ4v) is 4.80. The minimum atomic E-state index is -0.510. The van der Waals surface area contributed by atoms with Crippen molar-refractivity contribution in [3.63, 3.8) is 0 Å². The van der Waals surface area contributed by atoms with Crippen LogP contribution in [0.1, 0.15) is 50.1 Å². The summed E-state index contributed by atoms with van der Waals surface area (Å²) in [5.74, 6) is -0.508. The van der Waals surface area contributed by atoms with Crippen molar-refractivity contribution in [3.05, 3.63) is 107 Å². The average molecular weight is 480 g/mol. The number of primary amides is 1. The topological polar surface area (TPSA) is 93.2 Å². The molecule has 0 fully saturated rings. The van der Waals surface area contributed by atoms with Crippen LogP contribution < -0.4 is 11.1 Å². The number of nitrogens with zero attached hydrogens (tertiary/aromatic N) is 3. The quantitative estimate of drug-likeness (QED) is 0.434. The number of imidazole rings is 1. The molecule has 4 aromatic rings. The molecule has 0 spiro atoms. The molecule has 1 atom stereocenters. The molecule has 0 saturated carbocycles. The number of carbonyl (C=O) groups is 2.